The summed E-state index contributed by atoms with van der Waals surface area (Å²) >= 11 is 0. The Balaban J connectivity index is 1.94. The Morgan fingerprint density at radius 2 is 1.95 bits per heavy atom. The predicted molar refractivity (Wildman–Crippen MR) is 76.1 cm³/mol. The molecule has 0 aromatic heterocycles. The van der Waals surface area contributed by atoms with Crippen LogP contribution in [0.15, 0.2) is 24.3 Å². The summed E-state index contributed by atoms with van der Waals surface area (Å²) < 4.78 is 28.5. The average Bonchev–Trinajstić information content (AvgIpc) is 2.85. The predicted octanol–water partition coefficient (Wildman–Crippen LogP) is 1.75. The lowest BCUT2D eigenvalue weighted by atomic mass is 10.2. The first-order valence-corrected chi connectivity index (χ1v) is 8.51. The van der Waals surface area contributed by atoms with E-state index in [1.165, 1.54) is 6.26 Å². The second kappa shape index (κ2) is 5.92. The number of ether oxygens (including phenoxy) is 1. The third-order valence-corrected chi connectivity index (χ3v) is 5.39. The molecule has 0 heterocycles. The number of hydrogen-bond donors (Lipinski definition) is 1. The van der Waals surface area contributed by atoms with Crippen molar-refractivity contribution in [2.24, 2.45) is 0 Å². The van der Waals surface area contributed by atoms with Gasteiger partial charge < -0.3 is 10.1 Å². The summed E-state index contributed by atoms with van der Waals surface area (Å²) in [6.07, 6.45) is 4.04. The van der Waals surface area contributed by atoms with E-state index in [0.717, 1.165) is 30.6 Å². The van der Waals surface area contributed by atoms with Gasteiger partial charge in [-0.15, -0.1) is 0 Å². The zero-order chi connectivity index (χ0) is 13.9. The van der Waals surface area contributed by atoms with Gasteiger partial charge in [0.2, 0.25) is 0 Å². The molecule has 2 rings (SSSR count). The minimum Gasteiger partial charge on any atom is -0.497 e. The van der Waals surface area contributed by atoms with Crippen LogP contribution < -0.4 is 10.1 Å². The first-order chi connectivity index (χ1) is 9.00. The second-order valence-corrected chi connectivity index (χ2v) is 7.40. The topological polar surface area (TPSA) is 55.4 Å². The molecule has 2 unspecified atom stereocenters. The van der Waals surface area contributed by atoms with Crippen molar-refractivity contribution in [3.05, 3.63) is 29.8 Å². The molecule has 1 aliphatic rings. The molecule has 0 saturated heterocycles. The highest BCUT2D eigenvalue weighted by Crippen LogP contribution is 2.25. The molecule has 1 aliphatic carbocycles. The number of sulfone groups is 1. The average molecular weight is 283 g/mol. The molecular formula is C14H21NO3S. The minimum atomic E-state index is -2.95. The monoisotopic (exact) mass is 283 g/mol. The molecule has 0 radical (unpaired) electrons. The van der Waals surface area contributed by atoms with Crippen LogP contribution in [0.5, 0.6) is 5.75 Å². The van der Waals surface area contributed by atoms with Crippen molar-refractivity contribution in [3.8, 4) is 5.75 Å². The normalized spacial score (nSPS) is 23.5. The highest BCUT2D eigenvalue weighted by molar-refractivity contribution is 7.91. The van der Waals surface area contributed by atoms with E-state index in [-0.39, 0.29) is 11.3 Å². The second-order valence-electron chi connectivity index (χ2n) is 5.13. The lowest BCUT2D eigenvalue weighted by Crippen LogP contribution is -2.39. The van der Waals surface area contributed by atoms with Gasteiger partial charge in [0, 0.05) is 18.8 Å². The zero-order valence-electron chi connectivity index (χ0n) is 11.4. The van der Waals surface area contributed by atoms with Gasteiger partial charge in [-0.05, 0) is 30.5 Å². The van der Waals surface area contributed by atoms with Crippen molar-refractivity contribution >= 4 is 9.84 Å². The Bertz CT molecular complexity index is 510. The maximum absolute atomic E-state index is 11.7. The van der Waals surface area contributed by atoms with Crippen molar-refractivity contribution < 1.29 is 13.2 Å². The van der Waals surface area contributed by atoms with Crippen LogP contribution in [0.2, 0.25) is 0 Å². The lowest BCUT2D eigenvalue weighted by molar-refractivity contribution is 0.414. The third kappa shape index (κ3) is 3.70. The number of nitrogens with one attached hydrogen (secondary N) is 1. The van der Waals surface area contributed by atoms with Gasteiger partial charge in [-0.1, -0.05) is 18.6 Å². The van der Waals surface area contributed by atoms with Gasteiger partial charge in [-0.2, -0.15) is 0 Å². The highest BCUT2D eigenvalue weighted by Gasteiger charge is 2.34. The largest absolute Gasteiger partial charge is 0.497 e. The number of rotatable bonds is 5. The van der Waals surface area contributed by atoms with Crippen LogP contribution in [-0.4, -0.2) is 33.1 Å². The molecule has 1 aromatic rings. The van der Waals surface area contributed by atoms with Crippen LogP contribution in [0.3, 0.4) is 0 Å². The van der Waals surface area contributed by atoms with Gasteiger partial charge in [0.15, 0.2) is 9.84 Å². The van der Waals surface area contributed by atoms with Crippen LogP contribution in [0.25, 0.3) is 0 Å². The van der Waals surface area contributed by atoms with Gasteiger partial charge in [-0.3, -0.25) is 0 Å². The van der Waals surface area contributed by atoms with E-state index < -0.39 is 9.84 Å². The first-order valence-electron chi connectivity index (χ1n) is 6.56. The van der Waals surface area contributed by atoms with Crippen molar-refractivity contribution in [1.82, 2.24) is 5.32 Å². The van der Waals surface area contributed by atoms with Crippen molar-refractivity contribution in [2.45, 2.75) is 37.1 Å². The van der Waals surface area contributed by atoms with Crippen LogP contribution in [-0.2, 0) is 16.4 Å². The Labute approximate surface area is 115 Å². The maximum atomic E-state index is 11.7. The maximum Gasteiger partial charge on any atom is 0.151 e. The summed E-state index contributed by atoms with van der Waals surface area (Å²) in [5, 5.41) is 3.14. The van der Waals surface area contributed by atoms with Crippen molar-refractivity contribution in [3.63, 3.8) is 0 Å². The zero-order valence-corrected chi connectivity index (χ0v) is 12.2. The van der Waals surface area contributed by atoms with Crippen LogP contribution in [0, 0.1) is 0 Å². The van der Waals surface area contributed by atoms with E-state index in [1.54, 1.807) is 7.11 Å². The Morgan fingerprint density at radius 3 is 2.53 bits per heavy atom. The van der Waals surface area contributed by atoms with Gasteiger partial charge in [0.05, 0.1) is 12.4 Å². The van der Waals surface area contributed by atoms with Gasteiger partial charge in [0.25, 0.3) is 0 Å². The number of methoxy groups -OCH3 is 1. The standard InChI is InChI=1S/C14H21NO3S/c1-18-12-8-6-11(7-9-12)10-15-13-4-3-5-14(13)19(2,16)17/h6-9,13-15H,3-5,10H2,1-2H3. The van der Waals surface area contributed by atoms with Crippen LogP contribution >= 0.6 is 0 Å². The van der Waals surface area contributed by atoms with Gasteiger partial charge in [-0.25, -0.2) is 8.42 Å². The molecule has 0 spiro atoms. The summed E-state index contributed by atoms with van der Waals surface area (Å²) in [5.74, 6) is 0.832. The smallest absolute Gasteiger partial charge is 0.151 e. The fourth-order valence-corrected chi connectivity index (χ4v) is 4.09. The molecular weight excluding hydrogens is 262 g/mol. The molecule has 106 valence electrons. The van der Waals surface area contributed by atoms with Crippen molar-refractivity contribution in [2.75, 3.05) is 13.4 Å². The van der Waals surface area contributed by atoms with E-state index in [9.17, 15) is 8.42 Å². The molecule has 0 bridgehead atoms. The van der Waals surface area contributed by atoms with E-state index in [2.05, 4.69) is 5.32 Å². The quantitative estimate of drug-likeness (QED) is 0.894. The lowest BCUT2D eigenvalue weighted by Gasteiger charge is -2.19. The Kier molecular flexibility index (Phi) is 4.47. The van der Waals surface area contributed by atoms with E-state index in [4.69, 9.17) is 4.74 Å². The fraction of sp³-hybridized carbons (Fsp3) is 0.571. The highest BCUT2D eigenvalue weighted by atomic mass is 32.2. The third-order valence-electron chi connectivity index (χ3n) is 3.73. The molecule has 1 aromatic carbocycles. The summed E-state index contributed by atoms with van der Waals surface area (Å²) in [6.45, 7) is 0.695. The number of benzene rings is 1. The van der Waals surface area contributed by atoms with E-state index in [0.29, 0.717) is 6.54 Å². The summed E-state index contributed by atoms with van der Waals surface area (Å²) in [7, 11) is -1.31. The molecule has 4 nitrogen and oxygen atoms in total. The summed E-state index contributed by atoms with van der Waals surface area (Å²) in [6, 6.07) is 7.91. The van der Waals surface area contributed by atoms with Crippen molar-refractivity contribution in [1.29, 1.82) is 0 Å². The minimum absolute atomic E-state index is 0.0806. The molecule has 19 heavy (non-hydrogen) atoms. The number of hydrogen-bond acceptors (Lipinski definition) is 4. The molecule has 1 fully saturated rings. The van der Waals surface area contributed by atoms with Gasteiger partial charge in [0.1, 0.15) is 5.75 Å². The molecule has 5 heteroatoms. The van der Waals surface area contributed by atoms with Crippen LogP contribution in [0.4, 0.5) is 0 Å². The SMILES string of the molecule is COc1ccc(CNC2CCCC2S(C)(=O)=O)cc1. The van der Waals surface area contributed by atoms with Gasteiger partial charge >= 0.3 is 0 Å². The first kappa shape index (κ1) is 14.3. The Hall–Kier alpha value is -1.07. The molecule has 1 saturated carbocycles. The van der Waals surface area contributed by atoms with E-state index >= 15 is 0 Å². The Morgan fingerprint density at radius 1 is 1.26 bits per heavy atom. The fourth-order valence-electron chi connectivity index (χ4n) is 2.66. The van der Waals surface area contributed by atoms with E-state index in [1.807, 2.05) is 24.3 Å². The van der Waals surface area contributed by atoms with Crippen LogP contribution in [0.1, 0.15) is 24.8 Å². The summed E-state index contributed by atoms with van der Waals surface area (Å²) in [5.41, 5.74) is 1.14. The molecule has 0 aliphatic heterocycles. The summed E-state index contributed by atoms with van der Waals surface area (Å²) in [4.78, 5) is 0. The molecule has 2 atom stereocenters. The molecule has 0 amide bonds. The molecule has 1 N–H and O–H groups in total.